The highest BCUT2D eigenvalue weighted by atomic mass is 32.1. The highest BCUT2D eigenvalue weighted by molar-refractivity contribution is 7.15. The lowest BCUT2D eigenvalue weighted by molar-refractivity contribution is -0.119. The Balaban J connectivity index is 1.47. The van der Waals surface area contributed by atoms with Gasteiger partial charge in [0.25, 0.3) is 5.91 Å². The molecule has 1 saturated heterocycles. The largest absolute Gasteiger partial charge is 0.327 e. The van der Waals surface area contributed by atoms with Gasteiger partial charge in [0.2, 0.25) is 5.91 Å². The minimum absolute atomic E-state index is 0.0725. The van der Waals surface area contributed by atoms with Crippen LogP contribution in [-0.4, -0.2) is 34.3 Å². The Labute approximate surface area is 151 Å². The average Bonchev–Trinajstić information content (AvgIpc) is 3.28. The third-order valence-electron chi connectivity index (χ3n) is 4.91. The lowest BCUT2D eigenvalue weighted by Gasteiger charge is -2.23. The number of thiazole rings is 1. The van der Waals surface area contributed by atoms with Crippen molar-refractivity contribution in [3.8, 4) is 0 Å². The molecule has 5 nitrogen and oxygen atoms in total. The molecule has 6 heteroatoms. The number of aryl methyl sites for hydroxylation is 2. The van der Waals surface area contributed by atoms with E-state index in [1.54, 1.807) is 28.4 Å². The van der Waals surface area contributed by atoms with E-state index in [4.69, 9.17) is 0 Å². The number of rotatable bonds is 3. The fraction of sp³-hybridized carbons (Fsp3) is 0.421. The standard InChI is InChI=1S/C19H21N3O2S/c23-17(21-19-20-14-9-4-5-11-16(14)25-19)15-10-6-12-22(15)18(24)13-7-2-1-3-8-13/h1-3,7-8,15H,4-6,9-12H2,(H,20,21,23)/t15-/m0/s1. The van der Waals surface area contributed by atoms with Gasteiger partial charge in [-0.05, 0) is 50.7 Å². The maximum atomic E-state index is 12.7. The fourth-order valence-electron chi connectivity index (χ4n) is 3.62. The first-order chi connectivity index (χ1) is 12.2. The van der Waals surface area contributed by atoms with Crippen LogP contribution < -0.4 is 5.32 Å². The van der Waals surface area contributed by atoms with Gasteiger partial charge in [-0.3, -0.25) is 9.59 Å². The molecule has 2 aliphatic rings. The maximum absolute atomic E-state index is 12.7. The highest BCUT2D eigenvalue weighted by Gasteiger charge is 2.35. The van der Waals surface area contributed by atoms with E-state index in [1.807, 2.05) is 18.2 Å². The van der Waals surface area contributed by atoms with Gasteiger partial charge in [-0.1, -0.05) is 18.2 Å². The summed E-state index contributed by atoms with van der Waals surface area (Å²) in [6.07, 6.45) is 5.99. The highest BCUT2D eigenvalue weighted by Crippen LogP contribution is 2.30. The van der Waals surface area contributed by atoms with Crippen LogP contribution >= 0.6 is 11.3 Å². The van der Waals surface area contributed by atoms with Crippen LogP contribution in [0.3, 0.4) is 0 Å². The van der Waals surface area contributed by atoms with Gasteiger partial charge in [0, 0.05) is 17.0 Å². The first kappa shape index (κ1) is 16.3. The number of likely N-dealkylation sites (tertiary alicyclic amines) is 1. The van der Waals surface area contributed by atoms with Gasteiger partial charge in [0.15, 0.2) is 5.13 Å². The molecule has 25 heavy (non-hydrogen) atoms. The number of aromatic nitrogens is 1. The first-order valence-corrected chi connectivity index (χ1v) is 9.69. The van der Waals surface area contributed by atoms with Crippen molar-refractivity contribution in [2.75, 3.05) is 11.9 Å². The Morgan fingerprint density at radius 3 is 2.72 bits per heavy atom. The van der Waals surface area contributed by atoms with E-state index in [2.05, 4.69) is 10.3 Å². The quantitative estimate of drug-likeness (QED) is 0.919. The summed E-state index contributed by atoms with van der Waals surface area (Å²) in [5.74, 6) is -0.190. The van der Waals surface area contributed by atoms with Crippen molar-refractivity contribution >= 4 is 28.3 Å². The van der Waals surface area contributed by atoms with E-state index in [9.17, 15) is 9.59 Å². The Morgan fingerprint density at radius 1 is 1.12 bits per heavy atom. The predicted octanol–water partition coefficient (Wildman–Crippen LogP) is 3.27. The number of benzene rings is 1. The summed E-state index contributed by atoms with van der Waals surface area (Å²) in [7, 11) is 0. The third kappa shape index (κ3) is 3.31. The molecule has 1 fully saturated rings. The second-order valence-electron chi connectivity index (χ2n) is 6.61. The Bertz CT molecular complexity index is 764. The van der Waals surface area contributed by atoms with Gasteiger partial charge < -0.3 is 10.2 Å². The summed E-state index contributed by atoms with van der Waals surface area (Å²) >= 11 is 1.58. The molecule has 1 aliphatic heterocycles. The SMILES string of the molecule is O=C(Nc1nc2c(s1)CCCC2)[C@@H]1CCCN1C(=O)c1ccccc1. The summed E-state index contributed by atoms with van der Waals surface area (Å²) < 4.78 is 0. The number of hydrogen-bond acceptors (Lipinski definition) is 4. The summed E-state index contributed by atoms with van der Waals surface area (Å²) in [5, 5.41) is 3.63. The summed E-state index contributed by atoms with van der Waals surface area (Å²) in [6, 6.07) is 8.76. The van der Waals surface area contributed by atoms with E-state index in [-0.39, 0.29) is 11.8 Å². The normalized spacial score (nSPS) is 19.5. The molecule has 1 aliphatic carbocycles. The minimum atomic E-state index is -0.409. The van der Waals surface area contributed by atoms with E-state index in [1.165, 1.54) is 17.7 Å². The van der Waals surface area contributed by atoms with Crippen LogP contribution in [0.4, 0.5) is 5.13 Å². The Morgan fingerprint density at radius 2 is 1.92 bits per heavy atom. The summed E-state index contributed by atoms with van der Waals surface area (Å²) in [5.41, 5.74) is 1.77. The maximum Gasteiger partial charge on any atom is 0.254 e. The van der Waals surface area contributed by atoms with Crippen molar-refractivity contribution < 1.29 is 9.59 Å². The monoisotopic (exact) mass is 355 g/mol. The minimum Gasteiger partial charge on any atom is -0.327 e. The average molecular weight is 355 g/mol. The lowest BCUT2D eigenvalue weighted by atomic mass is 10.0. The van der Waals surface area contributed by atoms with Crippen molar-refractivity contribution in [1.29, 1.82) is 0 Å². The van der Waals surface area contributed by atoms with Crippen LogP contribution in [0.1, 0.15) is 46.6 Å². The van der Waals surface area contributed by atoms with Crippen LogP contribution in [0.5, 0.6) is 0 Å². The molecule has 1 aromatic heterocycles. The molecule has 0 spiro atoms. The lowest BCUT2D eigenvalue weighted by Crippen LogP contribution is -2.43. The van der Waals surface area contributed by atoms with E-state index < -0.39 is 6.04 Å². The van der Waals surface area contributed by atoms with Crippen molar-refractivity contribution in [3.05, 3.63) is 46.5 Å². The van der Waals surface area contributed by atoms with Gasteiger partial charge in [-0.15, -0.1) is 11.3 Å². The molecular weight excluding hydrogens is 334 g/mol. The zero-order valence-corrected chi connectivity index (χ0v) is 14.8. The number of fused-ring (bicyclic) bond motifs is 1. The number of anilines is 1. The Hall–Kier alpha value is -2.21. The van der Waals surface area contributed by atoms with Gasteiger partial charge in [-0.2, -0.15) is 0 Å². The van der Waals surface area contributed by atoms with E-state index >= 15 is 0 Å². The Kier molecular flexibility index (Phi) is 4.53. The number of carbonyl (C=O) groups excluding carboxylic acids is 2. The molecule has 0 saturated carbocycles. The molecule has 4 rings (SSSR count). The molecule has 0 radical (unpaired) electrons. The number of hydrogen-bond donors (Lipinski definition) is 1. The molecule has 2 amide bonds. The number of amides is 2. The molecule has 1 N–H and O–H groups in total. The molecule has 0 bridgehead atoms. The smallest absolute Gasteiger partial charge is 0.254 e. The second kappa shape index (κ2) is 6.96. The summed E-state index contributed by atoms with van der Waals surface area (Å²) in [6.45, 7) is 0.625. The van der Waals surface area contributed by atoms with Crippen LogP contribution in [0.25, 0.3) is 0 Å². The van der Waals surface area contributed by atoms with Crippen molar-refractivity contribution in [1.82, 2.24) is 9.88 Å². The number of nitrogens with zero attached hydrogens (tertiary/aromatic N) is 2. The van der Waals surface area contributed by atoms with Gasteiger partial charge in [0.1, 0.15) is 6.04 Å². The van der Waals surface area contributed by atoms with Gasteiger partial charge in [-0.25, -0.2) is 4.98 Å². The molecule has 0 unspecified atom stereocenters. The molecule has 1 aromatic carbocycles. The zero-order chi connectivity index (χ0) is 17.2. The molecular formula is C19H21N3O2S. The van der Waals surface area contributed by atoms with Crippen LogP contribution in [0.15, 0.2) is 30.3 Å². The number of carbonyl (C=O) groups is 2. The van der Waals surface area contributed by atoms with Crippen LogP contribution in [0.2, 0.25) is 0 Å². The van der Waals surface area contributed by atoms with Crippen LogP contribution in [0, 0.1) is 0 Å². The third-order valence-corrected chi connectivity index (χ3v) is 5.99. The second-order valence-corrected chi connectivity index (χ2v) is 7.69. The summed E-state index contributed by atoms with van der Waals surface area (Å²) in [4.78, 5) is 33.0. The molecule has 1 atom stereocenters. The molecule has 2 aromatic rings. The van der Waals surface area contributed by atoms with Crippen molar-refractivity contribution in [3.63, 3.8) is 0 Å². The van der Waals surface area contributed by atoms with Crippen molar-refractivity contribution in [2.45, 2.75) is 44.6 Å². The molecule has 130 valence electrons. The predicted molar refractivity (Wildman–Crippen MR) is 97.9 cm³/mol. The van der Waals surface area contributed by atoms with E-state index in [0.717, 1.165) is 25.0 Å². The number of nitrogens with one attached hydrogen (secondary N) is 1. The molecule has 2 heterocycles. The fourth-order valence-corrected chi connectivity index (χ4v) is 4.68. The topological polar surface area (TPSA) is 62.3 Å². The first-order valence-electron chi connectivity index (χ1n) is 8.88. The zero-order valence-electron chi connectivity index (χ0n) is 14.0. The van der Waals surface area contributed by atoms with E-state index in [0.29, 0.717) is 23.7 Å². The van der Waals surface area contributed by atoms with Crippen molar-refractivity contribution in [2.24, 2.45) is 0 Å². The van der Waals surface area contributed by atoms with Gasteiger partial charge >= 0.3 is 0 Å². The van der Waals surface area contributed by atoms with Gasteiger partial charge in [0.05, 0.1) is 5.69 Å². The van der Waals surface area contributed by atoms with Crippen LogP contribution in [-0.2, 0) is 17.6 Å².